The summed E-state index contributed by atoms with van der Waals surface area (Å²) < 4.78 is 6.75. The molecular formula is C27H25BrN2O3. The van der Waals surface area contributed by atoms with Gasteiger partial charge in [0.15, 0.2) is 11.5 Å². The van der Waals surface area contributed by atoms with E-state index in [1.54, 1.807) is 18.2 Å². The maximum Gasteiger partial charge on any atom is 0.294 e. The van der Waals surface area contributed by atoms with E-state index in [-0.39, 0.29) is 30.2 Å². The number of para-hydroxylation sites is 2. The molecule has 1 N–H and O–H groups in total. The minimum atomic E-state index is -0.350. The van der Waals surface area contributed by atoms with E-state index in [9.17, 15) is 9.59 Å². The van der Waals surface area contributed by atoms with Crippen molar-refractivity contribution in [1.82, 2.24) is 5.32 Å². The number of hydrogen-bond donors (Lipinski definition) is 1. The Bertz CT molecular complexity index is 1180. The summed E-state index contributed by atoms with van der Waals surface area (Å²) in [5, 5.41) is 3.02. The van der Waals surface area contributed by atoms with Crippen LogP contribution in [0.4, 0.5) is 5.69 Å². The SMILES string of the molecule is C[C@H](CCc1ccccc1)NC(=O)CN1C(=O)/C(=C\c2ccccc2Br)Oc2ccccc21. The fourth-order valence-corrected chi connectivity index (χ4v) is 4.12. The number of nitrogens with zero attached hydrogens (tertiary/aromatic N) is 1. The monoisotopic (exact) mass is 504 g/mol. The Kier molecular flexibility index (Phi) is 7.25. The van der Waals surface area contributed by atoms with Gasteiger partial charge in [-0.05, 0) is 55.2 Å². The summed E-state index contributed by atoms with van der Waals surface area (Å²) in [5.74, 6) is 0.156. The fraction of sp³-hybridized carbons (Fsp3) is 0.185. The van der Waals surface area contributed by atoms with E-state index in [1.165, 1.54) is 10.5 Å². The first kappa shape index (κ1) is 22.8. The van der Waals surface area contributed by atoms with Crippen LogP contribution >= 0.6 is 15.9 Å². The van der Waals surface area contributed by atoms with E-state index in [1.807, 2.05) is 61.5 Å². The molecule has 2 amide bonds. The third kappa shape index (κ3) is 5.71. The quantitative estimate of drug-likeness (QED) is 0.441. The summed E-state index contributed by atoms with van der Waals surface area (Å²) in [6.45, 7) is 1.90. The molecule has 3 aromatic carbocycles. The second-order valence-electron chi connectivity index (χ2n) is 7.98. The Hall–Kier alpha value is -3.38. The number of aryl methyl sites for hydroxylation is 1. The Labute approximate surface area is 202 Å². The molecule has 0 bridgehead atoms. The number of carbonyl (C=O) groups excluding carboxylic acids is 2. The Morgan fingerprint density at radius 3 is 2.52 bits per heavy atom. The van der Waals surface area contributed by atoms with Gasteiger partial charge in [-0.3, -0.25) is 14.5 Å². The normalized spacial score (nSPS) is 15.0. The van der Waals surface area contributed by atoms with Gasteiger partial charge in [0.05, 0.1) is 5.69 Å². The van der Waals surface area contributed by atoms with Gasteiger partial charge in [-0.15, -0.1) is 0 Å². The van der Waals surface area contributed by atoms with Crippen molar-refractivity contribution in [2.45, 2.75) is 25.8 Å². The maximum atomic E-state index is 13.3. The van der Waals surface area contributed by atoms with Crippen molar-refractivity contribution in [2.75, 3.05) is 11.4 Å². The lowest BCUT2D eigenvalue weighted by Crippen LogP contribution is -2.46. The molecule has 1 aliphatic rings. The summed E-state index contributed by atoms with van der Waals surface area (Å²) in [7, 11) is 0. The first-order valence-corrected chi connectivity index (χ1v) is 11.7. The minimum Gasteiger partial charge on any atom is -0.449 e. The van der Waals surface area contributed by atoms with Crippen molar-refractivity contribution in [3.8, 4) is 5.75 Å². The van der Waals surface area contributed by atoms with Crippen molar-refractivity contribution in [3.05, 3.63) is 100 Å². The van der Waals surface area contributed by atoms with Gasteiger partial charge in [0, 0.05) is 10.5 Å². The molecule has 0 fully saturated rings. The van der Waals surface area contributed by atoms with E-state index in [0.29, 0.717) is 11.4 Å². The number of benzene rings is 3. The van der Waals surface area contributed by atoms with Gasteiger partial charge in [-0.1, -0.05) is 76.6 Å². The van der Waals surface area contributed by atoms with Crippen LogP contribution < -0.4 is 15.0 Å². The Morgan fingerprint density at radius 1 is 1.03 bits per heavy atom. The second-order valence-corrected chi connectivity index (χ2v) is 8.84. The van der Waals surface area contributed by atoms with Gasteiger partial charge in [0.1, 0.15) is 6.54 Å². The van der Waals surface area contributed by atoms with E-state index < -0.39 is 0 Å². The Morgan fingerprint density at radius 2 is 1.73 bits per heavy atom. The Balaban J connectivity index is 1.48. The lowest BCUT2D eigenvalue weighted by Gasteiger charge is -2.30. The zero-order valence-electron chi connectivity index (χ0n) is 18.3. The molecule has 0 aromatic heterocycles. The number of anilines is 1. The van der Waals surface area contributed by atoms with Crippen LogP contribution in [0.25, 0.3) is 6.08 Å². The minimum absolute atomic E-state index is 0.0145. The molecule has 33 heavy (non-hydrogen) atoms. The molecule has 5 nitrogen and oxygen atoms in total. The zero-order valence-corrected chi connectivity index (χ0v) is 19.9. The molecular weight excluding hydrogens is 480 g/mol. The first-order chi connectivity index (χ1) is 16.0. The average molecular weight is 505 g/mol. The third-order valence-corrected chi connectivity index (χ3v) is 6.16. The molecule has 6 heteroatoms. The standard InChI is InChI=1S/C27H25BrN2O3/c1-19(15-16-20-9-3-2-4-10-20)29-26(31)18-30-23-13-7-8-14-24(23)33-25(27(30)32)17-21-11-5-6-12-22(21)28/h2-14,17,19H,15-16,18H2,1H3,(H,29,31)/b25-17+/t19-/m1/s1. The van der Waals surface area contributed by atoms with Crippen molar-refractivity contribution >= 4 is 39.5 Å². The number of nitrogens with one attached hydrogen (secondary N) is 1. The topological polar surface area (TPSA) is 58.6 Å². The number of carbonyl (C=O) groups is 2. The number of hydrogen-bond acceptors (Lipinski definition) is 3. The summed E-state index contributed by atoms with van der Waals surface area (Å²) in [6, 6.07) is 25.0. The van der Waals surface area contributed by atoms with Crippen molar-refractivity contribution in [3.63, 3.8) is 0 Å². The van der Waals surface area contributed by atoms with Crippen LogP contribution in [0.15, 0.2) is 89.1 Å². The summed E-state index contributed by atoms with van der Waals surface area (Å²) >= 11 is 3.50. The van der Waals surface area contributed by atoms with Crippen molar-refractivity contribution in [2.24, 2.45) is 0 Å². The summed E-state index contributed by atoms with van der Waals surface area (Å²) in [4.78, 5) is 27.6. The molecule has 0 saturated carbocycles. The largest absolute Gasteiger partial charge is 0.449 e. The highest BCUT2D eigenvalue weighted by Gasteiger charge is 2.31. The maximum absolute atomic E-state index is 13.3. The average Bonchev–Trinajstić information content (AvgIpc) is 2.82. The van der Waals surface area contributed by atoms with Gasteiger partial charge < -0.3 is 10.1 Å². The van der Waals surface area contributed by atoms with E-state index in [4.69, 9.17) is 4.74 Å². The van der Waals surface area contributed by atoms with Crippen LogP contribution in [0.1, 0.15) is 24.5 Å². The summed E-state index contributed by atoms with van der Waals surface area (Å²) in [5.41, 5.74) is 2.63. The van der Waals surface area contributed by atoms with Crippen LogP contribution in [0.5, 0.6) is 5.75 Å². The highest BCUT2D eigenvalue weighted by molar-refractivity contribution is 9.10. The molecule has 1 aliphatic heterocycles. The third-order valence-electron chi connectivity index (χ3n) is 5.44. The van der Waals surface area contributed by atoms with E-state index in [0.717, 1.165) is 22.9 Å². The molecule has 0 spiro atoms. The molecule has 0 unspecified atom stereocenters. The molecule has 4 rings (SSSR count). The van der Waals surface area contributed by atoms with Gasteiger partial charge in [-0.25, -0.2) is 0 Å². The van der Waals surface area contributed by atoms with Gasteiger partial charge in [-0.2, -0.15) is 0 Å². The van der Waals surface area contributed by atoms with Crippen LogP contribution in [0, 0.1) is 0 Å². The number of ether oxygens (including phenoxy) is 1. The molecule has 3 aromatic rings. The lowest BCUT2D eigenvalue weighted by molar-refractivity contribution is -0.123. The molecule has 1 heterocycles. The molecule has 168 valence electrons. The number of amides is 2. The molecule has 0 saturated heterocycles. The van der Waals surface area contributed by atoms with Crippen LogP contribution in [0.3, 0.4) is 0 Å². The van der Waals surface area contributed by atoms with E-state index in [2.05, 4.69) is 33.4 Å². The lowest BCUT2D eigenvalue weighted by atomic mass is 10.1. The molecule has 0 aliphatic carbocycles. The van der Waals surface area contributed by atoms with Gasteiger partial charge in [0.25, 0.3) is 5.91 Å². The number of rotatable bonds is 7. The van der Waals surface area contributed by atoms with Crippen molar-refractivity contribution < 1.29 is 14.3 Å². The second kappa shape index (κ2) is 10.5. The van der Waals surface area contributed by atoms with Crippen LogP contribution in [-0.2, 0) is 16.0 Å². The zero-order chi connectivity index (χ0) is 23.2. The fourth-order valence-electron chi connectivity index (χ4n) is 3.72. The molecule has 0 radical (unpaired) electrons. The van der Waals surface area contributed by atoms with E-state index >= 15 is 0 Å². The van der Waals surface area contributed by atoms with Gasteiger partial charge >= 0.3 is 0 Å². The van der Waals surface area contributed by atoms with Crippen molar-refractivity contribution in [1.29, 1.82) is 0 Å². The smallest absolute Gasteiger partial charge is 0.294 e. The van der Waals surface area contributed by atoms with Crippen LogP contribution in [0.2, 0.25) is 0 Å². The summed E-state index contributed by atoms with van der Waals surface area (Å²) in [6.07, 6.45) is 3.38. The predicted molar refractivity (Wildman–Crippen MR) is 134 cm³/mol. The van der Waals surface area contributed by atoms with Gasteiger partial charge in [0.2, 0.25) is 5.91 Å². The number of fused-ring (bicyclic) bond motifs is 1. The highest BCUT2D eigenvalue weighted by atomic mass is 79.9. The first-order valence-electron chi connectivity index (χ1n) is 10.9. The predicted octanol–water partition coefficient (Wildman–Crippen LogP) is 5.35. The highest BCUT2D eigenvalue weighted by Crippen LogP contribution is 2.35. The van der Waals surface area contributed by atoms with Crippen LogP contribution in [-0.4, -0.2) is 24.4 Å². The number of halogens is 1. The molecule has 1 atom stereocenters.